The maximum Gasteiger partial charge on any atom is 0.271 e. The first kappa shape index (κ1) is 18.2. The fourth-order valence-electron chi connectivity index (χ4n) is 4.25. The third-order valence-electron chi connectivity index (χ3n) is 5.84. The van der Waals surface area contributed by atoms with Gasteiger partial charge in [0.2, 0.25) is 0 Å². The molecule has 6 heteroatoms. The topological polar surface area (TPSA) is 63.1 Å². The van der Waals surface area contributed by atoms with Crippen molar-refractivity contribution in [3.05, 3.63) is 48.0 Å². The Morgan fingerprint density at radius 1 is 1.11 bits per heavy atom. The van der Waals surface area contributed by atoms with Crippen molar-refractivity contribution in [2.75, 3.05) is 13.1 Å². The summed E-state index contributed by atoms with van der Waals surface area (Å²) in [6, 6.07) is 6.67. The molecule has 2 aromatic heterocycles. The third kappa shape index (κ3) is 4.75. The highest BCUT2D eigenvalue weighted by Crippen LogP contribution is 2.27. The normalized spacial score (nSPS) is 19.9. The molecular weight excluding hydrogens is 338 g/mol. The minimum atomic E-state index is -0.0322. The number of aromatic nitrogens is 3. The average Bonchev–Trinajstić information content (AvgIpc) is 3.21. The van der Waals surface area contributed by atoms with Crippen molar-refractivity contribution in [1.29, 1.82) is 0 Å². The van der Waals surface area contributed by atoms with Gasteiger partial charge in [-0.2, -0.15) is 5.10 Å². The van der Waals surface area contributed by atoms with Gasteiger partial charge in [0, 0.05) is 44.3 Å². The second-order valence-corrected chi connectivity index (χ2v) is 7.86. The molecule has 0 bridgehead atoms. The first-order valence-corrected chi connectivity index (χ1v) is 10.3. The number of piperidine rings is 1. The molecule has 144 valence electrons. The Kier molecular flexibility index (Phi) is 5.82. The second kappa shape index (κ2) is 8.65. The van der Waals surface area contributed by atoms with Crippen molar-refractivity contribution in [2.45, 2.75) is 63.6 Å². The van der Waals surface area contributed by atoms with Gasteiger partial charge in [-0.15, -0.1) is 0 Å². The number of carbonyl (C=O) groups excluding carboxylic acids is 1. The van der Waals surface area contributed by atoms with Crippen LogP contribution in [0.2, 0.25) is 0 Å². The molecule has 1 aliphatic heterocycles. The van der Waals surface area contributed by atoms with Gasteiger partial charge in [-0.05, 0) is 43.4 Å². The van der Waals surface area contributed by atoms with E-state index in [9.17, 15) is 4.79 Å². The van der Waals surface area contributed by atoms with Crippen molar-refractivity contribution in [2.24, 2.45) is 0 Å². The van der Waals surface area contributed by atoms with E-state index < -0.39 is 0 Å². The predicted molar refractivity (Wildman–Crippen MR) is 104 cm³/mol. The zero-order valence-electron chi connectivity index (χ0n) is 15.9. The van der Waals surface area contributed by atoms with Gasteiger partial charge < -0.3 is 5.32 Å². The van der Waals surface area contributed by atoms with Gasteiger partial charge in [0.05, 0.1) is 6.04 Å². The summed E-state index contributed by atoms with van der Waals surface area (Å²) in [7, 11) is 0. The van der Waals surface area contributed by atoms with Crippen LogP contribution in [0.4, 0.5) is 0 Å². The van der Waals surface area contributed by atoms with E-state index in [0.29, 0.717) is 11.7 Å². The van der Waals surface area contributed by atoms with Crippen molar-refractivity contribution < 1.29 is 4.79 Å². The lowest BCUT2D eigenvalue weighted by atomic mass is 9.96. The molecule has 1 aliphatic carbocycles. The summed E-state index contributed by atoms with van der Waals surface area (Å²) in [6.07, 6.45) is 13.9. The summed E-state index contributed by atoms with van der Waals surface area (Å²) in [5.74, 6) is -0.0322. The van der Waals surface area contributed by atoms with E-state index in [1.54, 1.807) is 6.20 Å². The van der Waals surface area contributed by atoms with E-state index >= 15 is 0 Å². The van der Waals surface area contributed by atoms with Crippen LogP contribution < -0.4 is 5.32 Å². The molecule has 3 heterocycles. The molecule has 1 saturated carbocycles. The van der Waals surface area contributed by atoms with Gasteiger partial charge in [-0.25, -0.2) is 0 Å². The van der Waals surface area contributed by atoms with E-state index in [0.717, 1.165) is 32.5 Å². The molecule has 2 fully saturated rings. The molecule has 0 spiro atoms. The number of nitrogens with one attached hydrogen (secondary N) is 1. The van der Waals surface area contributed by atoms with Gasteiger partial charge in [-0.3, -0.25) is 19.4 Å². The zero-order valence-corrected chi connectivity index (χ0v) is 15.9. The largest absolute Gasteiger partial charge is 0.348 e. The van der Waals surface area contributed by atoms with Crippen LogP contribution in [0.3, 0.4) is 0 Å². The number of carbonyl (C=O) groups is 1. The summed E-state index contributed by atoms with van der Waals surface area (Å²) >= 11 is 0. The van der Waals surface area contributed by atoms with Crippen LogP contribution in [-0.2, 0) is 6.54 Å². The highest BCUT2D eigenvalue weighted by Gasteiger charge is 2.23. The van der Waals surface area contributed by atoms with Crippen LogP contribution in [0.15, 0.2) is 36.8 Å². The summed E-state index contributed by atoms with van der Waals surface area (Å²) in [5, 5.41) is 7.74. The Morgan fingerprint density at radius 2 is 1.93 bits per heavy atom. The minimum absolute atomic E-state index is 0.0322. The first-order chi connectivity index (χ1) is 13.3. The van der Waals surface area contributed by atoms with Crippen molar-refractivity contribution in [3.8, 4) is 0 Å². The number of amides is 1. The molecule has 0 radical (unpaired) electrons. The monoisotopic (exact) mass is 367 g/mol. The molecule has 0 aromatic carbocycles. The molecular formula is C21H29N5O. The summed E-state index contributed by atoms with van der Waals surface area (Å²) < 4.78 is 2.00. The number of nitrogens with zero attached hydrogens (tertiary/aromatic N) is 4. The SMILES string of the molecule is O=C(NC1CCN(Cc2cccnc2)CC1)c1ccn(C2CCCCC2)n1. The fourth-order valence-corrected chi connectivity index (χ4v) is 4.25. The maximum absolute atomic E-state index is 12.6. The van der Waals surface area contributed by atoms with Crippen LogP contribution >= 0.6 is 0 Å². The van der Waals surface area contributed by atoms with Crippen molar-refractivity contribution in [1.82, 2.24) is 25.0 Å². The average molecular weight is 367 g/mol. The van der Waals surface area contributed by atoms with Gasteiger partial charge >= 0.3 is 0 Å². The highest BCUT2D eigenvalue weighted by atomic mass is 16.2. The Labute approximate surface area is 161 Å². The van der Waals surface area contributed by atoms with Crippen LogP contribution in [0.25, 0.3) is 0 Å². The molecule has 2 aliphatic rings. The van der Waals surface area contributed by atoms with Gasteiger partial charge in [0.15, 0.2) is 0 Å². The lowest BCUT2D eigenvalue weighted by Crippen LogP contribution is -2.44. The maximum atomic E-state index is 12.6. The van der Waals surface area contributed by atoms with Crippen LogP contribution in [0.1, 0.15) is 67.0 Å². The lowest BCUT2D eigenvalue weighted by Gasteiger charge is -2.32. The van der Waals surface area contributed by atoms with Crippen LogP contribution in [-0.4, -0.2) is 44.7 Å². The molecule has 1 N–H and O–H groups in total. The van der Waals surface area contributed by atoms with E-state index in [1.807, 2.05) is 29.2 Å². The molecule has 0 unspecified atom stereocenters. The third-order valence-corrected chi connectivity index (χ3v) is 5.84. The van der Waals surface area contributed by atoms with Gasteiger partial charge in [0.25, 0.3) is 5.91 Å². The number of rotatable bonds is 5. The Balaban J connectivity index is 1.25. The summed E-state index contributed by atoms with van der Waals surface area (Å²) in [4.78, 5) is 19.2. The first-order valence-electron chi connectivity index (χ1n) is 10.3. The molecule has 1 amide bonds. The Morgan fingerprint density at radius 3 is 2.67 bits per heavy atom. The summed E-state index contributed by atoms with van der Waals surface area (Å²) in [5.41, 5.74) is 1.80. The predicted octanol–water partition coefficient (Wildman–Crippen LogP) is 3.18. The standard InChI is InChI=1S/C21H29N5O/c27-21(20-10-14-26(24-20)19-6-2-1-3-7-19)23-18-8-12-25(13-9-18)16-17-5-4-11-22-15-17/h4-5,10-11,14-15,18-19H,1-3,6-9,12-13,16H2,(H,23,27). The second-order valence-electron chi connectivity index (χ2n) is 7.86. The smallest absolute Gasteiger partial charge is 0.271 e. The van der Waals surface area contributed by atoms with Crippen molar-refractivity contribution >= 4 is 5.91 Å². The number of hydrogen-bond donors (Lipinski definition) is 1. The van der Waals surface area contributed by atoms with Crippen molar-refractivity contribution in [3.63, 3.8) is 0 Å². The molecule has 6 nitrogen and oxygen atoms in total. The Bertz CT molecular complexity index is 730. The molecule has 1 saturated heterocycles. The lowest BCUT2D eigenvalue weighted by molar-refractivity contribution is 0.0902. The number of pyridine rings is 1. The summed E-state index contributed by atoms with van der Waals surface area (Å²) in [6.45, 7) is 2.92. The molecule has 4 rings (SSSR count). The van der Waals surface area contributed by atoms with E-state index in [2.05, 4.69) is 26.4 Å². The Hall–Kier alpha value is -2.21. The zero-order chi connectivity index (χ0) is 18.5. The van der Waals surface area contributed by atoms with Crippen LogP contribution in [0, 0.1) is 0 Å². The molecule has 2 aromatic rings. The van der Waals surface area contributed by atoms with Crippen LogP contribution in [0.5, 0.6) is 0 Å². The quantitative estimate of drug-likeness (QED) is 0.882. The number of likely N-dealkylation sites (tertiary alicyclic amines) is 1. The highest BCUT2D eigenvalue weighted by molar-refractivity contribution is 5.92. The van der Waals surface area contributed by atoms with E-state index in [4.69, 9.17) is 0 Å². The minimum Gasteiger partial charge on any atom is -0.348 e. The van der Waals surface area contributed by atoms with E-state index in [1.165, 1.54) is 37.7 Å². The van der Waals surface area contributed by atoms with Gasteiger partial charge in [-0.1, -0.05) is 25.3 Å². The van der Waals surface area contributed by atoms with E-state index in [-0.39, 0.29) is 11.9 Å². The van der Waals surface area contributed by atoms with Gasteiger partial charge in [0.1, 0.15) is 5.69 Å². The molecule has 27 heavy (non-hydrogen) atoms. The number of hydrogen-bond acceptors (Lipinski definition) is 4. The fraction of sp³-hybridized carbons (Fsp3) is 0.571. The molecule has 0 atom stereocenters.